The number of aromatic nitrogens is 6. The lowest BCUT2D eigenvalue weighted by Crippen LogP contribution is -2.15. The van der Waals surface area contributed by atoms with Crippen molar-refractivity contribution >= 4 is 22.8 Å². The quantitative estimate of drug-likeness (QED) is 0.695. The van der Waals surface area contributed by atoms with Gasteiger partial charge in [-0.3, -0.25) is 9.20 Å². The monoisotopic (exact) mass is 260 g/mol. The summed E-state index contributed by atoms with van der Waals surface area (Å²) in [7, 11) is 0. The van der Waals surface area contributed by atoms with E-state index < -0.39 is 5.92 Å². The lowest BCUT2D eigenvalue weighted by molar-refractivity contribution is -0.144. The summed E-state index contributed by atoms with van der Waals surface area (Å²) in [6.45, 7) is 3.83. The van der Waals surface area contributed by atoms with Gasteiger partial charge in [0.25, 0.3) is 0 Å². The van der Waals surface area contributed by atoms with Gasteiger partial charge in [0.1, 0.15) is 17.8 Å². The molecule has 0 saturated heterocycles. The maximum absolute atomic E-state index is 11.8. The Balaban J connectivity index is 2.12. The van der Waals surface area contributed by atoms with Crippen molar-refractivity contribution in [1.82, 2.24) is 29.5 Å². The summed E-state index contributed by atoms with van der Waals surface area (Å²) in [5, 5.41) is 8.13. The fourth-order valence-corrected chi connectivity index (χ4v) is 1.92. The molecule has 3 rings (SSSR count). The molecule has 0 radical (unpaired) electrons. The molecule has 1 unspecified atom stereocenters. The van der Waals surface area contributed by atoms with Crippen molar-refractivity contribution in [3.63, 3.8) is 0 Å². The Morgan fingerprint density at radius 3 is 3.11 bits per heavy atom. The van der Waals surface area contributed by atoms with E-state index >= 15 is 0 Å². The standard InChI is InChI=1S/C11H12N6O2/c1-3-19-11(18)6(2)9-15-16-10-7-8(13-4-12-7)14-5-17(9)10/h4-6H,3H2,1-2H3,(H,12,13). The molecule has 1 N–H and O–H groups in total. The summed E-state index contributed by atoms with van der Waals surface area (Å²) in [6.07, 6.45) is 3.10. The molecule has 0 aliphatic rings. The van der Waals surface area contributed by atoms with Crippen LogP contribution < -0.4 is 0 Å². The summed E-state index contributed by atoms with van der Waals surface area (Å²) in [5.74, 6) is -0.337. The van der Waals surface area contributed by atoms with Crippen molar-refractivity contribution in [1.29, 1.82) is 0 Å². The fraction of sp³-hybridized carbons (Fsp3) is 0.364. The largest absolute Gasteiger partial charge is 0.465 e. The minimum Gasteiger partial charge on any atom is -0.465 e. The van der Waals surface area contributed by atoms with Gasteiger partial charge in [-0.25, -0.2) is 9.97 Å². The molecular weight excluding hydrogens is 248 g/mol. The number of esters is 1. The first-order chi connectivity index (χ1) is 9.22. The molecule has 3 aromatic heterocycles. The van der Waals surface area contributed by atoms with Crippen LogP contribution in [0.5, 0.6) is 0 Å². The Kier molecular flexibility index (Phi) is 2.62. The maximum Gasteiger partial charge on any atom is 0.316 e. The van der Waals surface area contributed by atoms with E-state index in [0.717, 1.165) is 0 Å². The van der Waals surface area contributed by atoms with Crippen LogP contribution in [-0.4, -0.2) is 42.1 Å². The molecule has 0 saturated carbocycles. The molecule has 0 spiro atoms. The topological polar surface area (TPSA) is 98.1 Å². The van der Waals surface area contributed by atoms with E-state index in [1.165, 1.54) is 0 Å². The predicted molar refractivity (Wildman–Crippen MR) is 65.5 cm³/mol. The average molecular weight is 260 g/mol. The zero-order chi connectivity index (χ0) is 13.4. The number of carbonyl (C=O) groups excluding carboxylic acids is 1. The van der Waals surface area contributed by atoms with Gasteiger partial charge in [-0.1, -0.05) is 0 Å². The highest BCUT2D eigenvalue weighted by molar-refractivity contribution is 5.85. The smallest absolute Gasteiger partial charge is 0.316 e. The van der Waals surface area contributed by atoms with Gasteiger partial charge in [-0.2, -0.15) is 0 Å². The van der Waals surface area contributed by atoms with Crippen LogP contribution in [0, 0.1) is 0 Å². The highest BCUT2D eigenvalue weighted by atomic mass is 16.5. The van der Waals surface area contributed by atoms with E-state index in [1.54, 1.807) is 30.9 Å². The average Bonchev–Trinajstić information content (AvgIpc) is 3.03. The number of hydrogen-bond acceptors (Lipinski definition) is 6. The molecule has 0 amide bonds. The molecule has 1 atom stereocenters. The van der Waals surface area contributed by atoms with Gasteiger partial charge in [0.05, 0.1) is 12.9 Å². The molecule has 0 aliphatic heterocycles. The minimum absolute atomic E-state index is 0.332. The molecule has 0 bridgehead atoms. The molecule has 0 fully saturated rings. The number of nitrogens with one attached hydrogen (secondary N) is 1. The summed E-state index contributed by atoms with van der Waals surface area (Å²) >= 11 is 0. The molecule has 98 valence electrons. The Morgan fingerprint density at radius 2 is 2.32 bits per heavy atom. The number of rotatable bonds is 3. The van der Waals surface area contributed by atoms with Crippen LogP contribution in [0.3, 0.4) is 0 Å². The van der Waals surface area contributed by atoms with Crippen LogP contribution >= 0.6 is 0 Å². The number of carbonyl (C=O) groups is 1. The second-order valence-corrected chi connectivity index (χ2v) is 4.07. The van der Waals surface area contributed by atoms with Crippen LogP contribution in [0.2, 0.25) is 0 Å². The van der Waals surface area contributed by atoms with Crippen LogP contribution in [0.4, 0.5) is 0 Å². The molecule has 3 aromatic rings. The van der Waals surface area contributed by atoms with Gasteiger partial charge in [0, 0.05) is 0 Å². The van der Waals surface area contributed by atoms with E-state index in [1.807, 2.05) is 0 Å². The summed E-state index contributed by atoms with van der Waals surface area (Å²) in [6, 6.07) is 0. The van der Waals surface area contributed by atoms with E-state index in [9.17, 15) is 4.79 Å². The Labute approximate surface area is 107 Å². The van der Waals surface area contributed by atoms with Gasteiger partial charge >= 0.3 is 5.97 Å². The van der Waals surface area contributed by atoms with Crippen molar-refractivity contribution in [2.75, 3.05) is 6.61 Å². The minimum atomic E-state index is -0.503. The van der Waals surface area contributed by atoms with Crippen molar-refractivity contribution < 1.29 is 9.53 Å². The third-order valence-corrected chi connectivity index (χ3v) is 2.89. The second-order valence-electron chi connectivity index (χ2n) is 4.07. The molecular formula is C11H12N6O2. The fourth-order valence-electron chi connectivity index (χ4n) is 1.92. The summed E-state index contributed by atoms with van der Waals surface area (Å²) < 4.78 is 6.66. The van der Waals surface area contributed by atoms with Gasteiger partial charge in [0.15, 0.2) is 17.1 Å². The first-order valence-corrected chi connectivity index (χ1v) is 5.91. The van der Waals surface area contributed by atoms with Gasteiger partial charge in [0.2, 0.25) is 0 Å². The molecule has 8 heteroatoms. The molecule has 3 heterocycles. The normalized spacial score (nSPS) is 12.9. The van der Waals surface area contributed by atoms with E-state index in [4.69, 9.17) is 4.74 Å². The Morgan fingerprint density at radius 1 is 1.47 bits per heavy atom. The zero-order valence-corrected chi connectivity index (χ0v) is 10.5. The number of nitrogens with zero attached hydrogens (tertiary/aromatic N) is 5. The van der Waals surface area contributed by atoms with Gasteiger partial charge < -0.3 is 9.72 Å². The molecule has 0 aliphatic carbocycles. The first kappa shape index (κ1) is 11.6. The van der Waals surface area contributed by atoms with E-state index in [-0.39, 0.29) is 5.97 Å². The van der Waals surface area contributed by atoms with Crippen LogP contribution in [-0.2, 0) is 9.53 Å². The van der Waals surface area contributed by atoms with Crippen LogP contribution in [0.25, 0.3) is 16.8 Å². The first-order valence-electron chi connectivity index (χ1n) is 5.91. The lowest BCUT2D eigenvalue weighted by atomic mass is 10.2. The van der Waals surface area contributed by atoms with Crippen molar-refractivity contribution in [2.45, 2.75) is 19.8 Å². The predicted octanol–water partition coefficient (Wildman–Crippen LogP) is 0.667. The van der Waals surface area contributed by atoms with Crippen molar-refractivity contribution in [2.24, 2.45) is 0 Å². The van der Waals surface area contributed by atoms with Gasteiger partial charge in [-0.15, -0.1) is 10.2 Å². The van der Waals surface area contributed by atoms with E-state index in [0.29, 0.717) is 29.2 Å². The number of imidazole rings is 1. The third-order valence-electron chi connectivity index (χ3n) is 2.89. The van der Waals surface area contributed by atoms with E-state index in [2.05, 4.69) is 25.1 Å². The number of ether oxygens (including phenoxy) is 1. The van der Waals surface area contributed by atoms with Crippen molar-refractivity contribution in [3.8, 4) is 0 Å². The van der Waals surface area contributed by atoms with Crippen LogP contribution in [0.15, 0.2) is 12.7 Å². The van der Waals surface area contributed by atoms with Gasteiger partial charge in [-0.05, 0) is 13.8 Å². The number of hydrogen-bond donors (Lipinski definition) is 1. The molecule has 0 aromatic carbocycles. The SMILES string of the molecule is CCOC(=O)C(C)c1nnc2c3[nH]cnc3ncn12. The number of fused-ring (bicyclic) bond motifs is 3. The number of aromatic amines is 1. The maximum atomic E-state index is 11.8. The zero-order valence-electron chi connectivity index (χ0n) is 10.5. The highest BCUT2D eigenvalue weighted by Crippen LogP contribution is 2.19. The van der Waals surface area contributed by atoms with Crippen LogP contribution in [0.1, 0.15) is 25.6 Å². The third kappa shape index (κ3) is 1.72. The number of H-pyrrole nitrogens is 1. The Hall–Kier alpha value is -2.51. The molecule has 19 heavy (non-hydrogen) atoms. The highest BCUT2D eigenvalue weighted by Gasteiger charge is 2.23. The lowest BCUT2D eigenvalue weighted by Gasteiger charge is -2.08. The Bertz CT molecular complexity index is 746. The molecule has 8 nitrogen and oxygen atoms in total. The second kappa shape index (κ2) is 4.30. The summed E-state index contributed by atoms with van der Waals surface area (Å²) in [4.78, 5) is 22.9. The summed E-state index contributed by atoms with van der Waals surface area (Å²) in [5.41, 5.74) is 1.85. The van der Waals surface area contributed by atoms with Crippen molar-refractivity contribution in [3.05, 3.63) is 18.5 Å².